The normalized spacial score (nSPS) is 15.5. The summed E-state index contributed by atoms with van der Waals surface area (Å²) >= 11 is 0. The fraction of sp³-hybridized carbons (Fsp3) is 0.267. The smallest absolute Gasteiger partial charge is 0.205 e. The molecular formula is C15H14N4O2. The van der Waals surface area contributed by atoms with Gasteiger partial charge in [0.1, 0.15) is 0 Å². The van der Waals surface area contributed by atoms with E-state index in [4.69, 9.17) is 9.26 Å². The molecule has 6 nitrogen and oxygen atoms in total. The Morgan fingerprint density at radius 2 is 1.86 bits per heavy atom. The lowest BCUT2D eigenvalue weighted by molar-refractivity contribution is 0.122. The van der Waals surface area contributed by atoms with Gasteiger partial charge in [0.25, 0.3) is 0 Å². The first-order valence-corrected chi connectivity index (χ1v) is 6.92. The summed E-state index contributed by atoms with van der Waals surface area (Å²) in [6.07, 6.45) is 1.68. The quantitative estimate of drug-likeness (QED) is 0.717. The predicted molar refractivity (Wildman–Crippen MR) is 78.1 cm³/mol. The Morgan fingerprint density at radius 3 is 2.67 bits per heavy atom. The largest absolute Gasteiger partial charge is 0.378 e. The van der Waals surface area contributed by atoms with Gasteiger partial charge in [0.2, 0.25) is 5.58 Å². The van der Waals surface area contributed by atoms with Crippen LogP contribution in [0, 0.1) is 0 Å². The van der Waals surface area contributed by atoms with Gasteiger partial charge in [-0.2, -0.15) is 0 Å². The van der Waals surface area contributed by atoms with Crippen molar-refractivity contribution in [2.75, 3.05) is 31.2 Å². The second-order valence-electron chi connectivity index (χ2n) is 4.88. The van der Waals surface area contributed by atoms with Crippen LogP contribution in [0.1, 0.15) is 0 Å². The minimum Gasteiger partial charge on any atom is -0.378 e. The number of morpholine rings is 1. The molecule has 1 saturated heterocycles. The van der Waals surface area contributed by atoms with Crippen molar-refractivity contribution in [2.45, 2.75) is 0 Å². The molecule has 1 fully saturated rings. The highest BCUT2D eigenvalue weighted by Crippen LogP contribution is 2.26. The minimum absolute atomic E-state index is 0.608. The summed E-state index contributed by atoms with van der Waals surface area (Å²) in [6, 6.07) is 9.89. The zero-order chi connectivity index (χ0) is 14.1. The number of hydrogen-bond acceptors (Lipinski definition) is 6. The third-order valence-electron chi connectivity index (χ3n) is 3.54. The molecule has 0 N–H and O–H groups in total. The summed E-state index contributed by atoms with van der Waals surface area (Å²) in [5, 5.41) is 4.15. The maximum atomic E-state index is 5.37. The van der Waals surface area contributed by atoms with Gasteiger partial charge in [0, 0.05) is 18.7 Å². The van der Waals surface area contributed by atoms with Crippen LogP contribution in [-0.4, -0.2) is 41.4 Å². The van der Waals surface area contributed by atoms with Crippen molar-refractivity contribution in [3.63, 3.8) is 0 Å². The molecule has 21 heavy (non-hydrogen) atoms. The van der Waals surface area contributed by atoms with Gasteiger partial charge in [-0.05, 0) is 0 Å². The fourth-order valence-corrected chi connectivity index (χ4v) is 2.44. The summed E-state index contributed by atoms with van der Waals surface area (Å²) in [7, 11) is 0. The first-order chi connectivity index (χ1) is 10.4. The Balaban J connectivity index is 1.79. The van der Waals surface area contributed by atoms with Crippen molar-refractivity contribution < 1.29 is 9.26 Å². The third kappa shape index (κ3) is 2.23. The number of rotatable bonds is 2. The summed E-state index contributed by atoms with van der Waals surface area (Å²) in [6.45, 7) is 2.99. The van der Waals surface area contributed by atoms with Crippen LogP contribution in [0.5, 0.6) is 0 Å². The van der Waals surface area contributed by atoms with Gasteiger partial charge in [0.15, 0.2) is 17.2 Å². The van der Waals surface area contributed by atoms with Crippen LogP contribution in [0.4, 0.5) is 5.82 Å². The Hall–Kier alpha value is -2.47. The van der Waals surface area contributed by atoms with Gasteiger partial charge in [-0.3, -0.25) is 0 Å². The monoisotopic (exact) mass is 282 g/mol. The summed E-state index contributed by atoms with van der Waals surface area (Å²) in [4.78, 5) is 11.1. The number of nitrogens with zero attached hydrogens (tertiary/aromatic N) is 4. The van der Waals surface area contributed by atoms with Crippen LogP contribution < -0.4 is 4.90 Å². The highest BCUT2D eigenvalue weighted by Gasteiger charge is 2.20. The number of ether oxygens (including phenoxy) is 1. The zero-order valence-corrected chi connectivity index (χ0v) is 11.4. The molecule has 0 aliphatic carbocycles. The molecule has 0 saturated carbocycles. The van der Waals surface area contributed by atoms with Crippen LogP contribution >= 0.6 is 0 Å². The molecule has 0 radical (unpaired) electrons. The van der Waals surface area contributed by atoms with Gasteiger partial charge < -0.3 is 14.2 Å². The molecule has 3 aromatic rings. The first kappa shape index (κ1) is 12.3. The molecule has 0 amide bonds. The molecule has 2 aromatic heterocycles. The highest BCUT2D eigenvalue weighted by molar-refractivity contribution is 5.85. The van der Waals surface area contributed by atoms with E-state index in [9.17, 15) is 0 Å². The van der Waals surface area contributed by atoms with Crippen LogP contribution in [0.15, 0.2) is 41.1 Å². The van der Waals surface area contributed by atoms with Crippen molar-refractivity contribution in [1.82, 2.24) is 15.1 Å². The Bertz CT molecular complexity index is 751. The lowest BCUT2D eigenvalue weighted by atomic mass is 10.2. The molecule has 0 spiro atoms. The second-order valence-corrected chi connectivity index (χ2v) is 4.88. The van der Waals surface area contributed by atoms with Gasteiger partial charge in [-0.1, -0.05) is 35.5 Å². The molecular weight excluding hydrogens is 268 g/mol. The lowest BCUT2D eigenvalue weighted by Gasteiger charge is -2.26. The van der Waals surface area contributed by atoms with Crippen LogP contribution in [0.2, 0.25) is 0 Å². The third-order valence-corrected chi connectivity index (χ3v) is 3.54. The maximum Gasteiger partial charge on any atom is 0.205 e. The Morgan fingerprint density at radius 1 is 1.05 bits per heavy atom. The van der Waals surface area contributed by atoms with Crippen molar-refractivity contribution >= 4 is 16.9 Å². The molecule has 1 aromatic carbocycles. The van der Waals surface area contributed by atoms with E-state index in [1.54, 1.807) is 6.20 Å². The average Bonchev–Trinajstić information content (AvgIpc) is 2.99. The predicted octanol–water partition coefficient (Wildman–Crippen LogP) is 2.12. The zero-order valence-electron chi connectivity index (χ0n) is 11.4. The van der Waals surface area contributed by atoms with E-state index >= 15 is 0 Å². The average molecular weight is 282 g/mol. The van der Waals surface area contributed by atoms with E-state index in [2.05, 4.69) is 20.0 Å². The van der Waals surface area contributed by atoms with E-state index in [1.165, 1.54) is 0 Å². The van der Waals surface area contributed by atoms with Crippen molar-refractivity contribution in [2.24, 2.45) is 0 Å². The number of benzene rings is 1. The van der Waals surface area contributed by atoms with Gasteiger partial charge >= 0.3 is 0 Å². The summed E-state index contributed by atoms with van der Waals surface area (Å²) in [5.41, 5.74) is 2.34. The van der Waals surface area contributed by atoms with Crippen molar-refractivity contribution in [3.05, 3.63) is 36.5 Å². The molecule has 1 aliphatic rings. The van der Waals surface area contributed by atoms with Crippen LogP contribution in [-0.2, 0) is 4.74 Å². The molecule has 0 unspecified atom stereocenters. The number of fused-ring (bicyclic) bond motifs is 1. The maximum absolute atomic E-state index is 5.37. The number of anilines is 1. The van der Waals surface area contributed by atoms with Gasteiger partial charge in [0.05, 0.1) is 19.4 Å². The van der Waals surface area contributed by atoms with Crippen LogP contribution in [0.3, 0.4) is 0 Å². The fourth-order valence-electron chi connectivity index (χ4n) is 2.44. The molecule has 4 rings (SSSR count). The lowest BCUT2D eigenvalue weighted by Crippen LogP contribution is -2.36. The van der Waals surface area contributed by atoms with Gasteiger partial charge in [-0.25, -0.2) is 9.97 Å². The number of hydrogen-bond donors (Lipinski definition) is 0. The molecule has 0 bridgehead atoms. The molecule has 1 aliphatic heterocycles. The molecule has 6 heteroatoms. The summed E-state index contributed by atoms with van der Waals surface area (Å²) < 4.78 is 10.7. The van der Waals surface area contributed by atoms with E-state index in [0.717, 1.165) is 30.0 Å². The summed E-state index contributed by atoms with van der Waals surface area (Å²) in [5.74, 6) is 1.45. The standard InChI is InChI=1S/C15H14N4O2/c1-2-4-11(5-3-1)14-16-10-12-13(17-14)15(18-21-12)19-6-8-20-9-7-19/h1-5,10H,6-9H2. The van der Waals surface area contributed by atoms with E-state index in [0.29, 0.717) is 24.6 Å². The van der Waals surface area contributed by atoms with E-state index in [-0.39, 0.29) is 0 Å². The minimum atomic E-state index is 0.608. The van der Waals surface area contributed by atoms with Crippen molar-refractivity contribution in [3.8, 4) is 11.4 Å². The second kappa shape index (κ2) is 5.14. The van der Waals surface area contributed by atoms with E-state index < -0.39 is 0 Å². The highest BCUT2D eigenvalue weighted by atomic mass is 16.5. The first-order valence-electron chi connectivity index (χ1n) is 6.92. The van der Waals surface area contributed by atoms with Crippen molar-refractivity contribution in [1.29, 1.82) is 0 Å². The molecule has 106 valence electrons. The van der Waals surface area contributed by atoms with Gasteiger partial charge in [-0.15, -0.1) is 0 Å². The molecule has 3 heterocycles. The SMILES string of the molecule is c1ccc(-c2ncc3onc(N4CCOCC4)c3n2)cc1. The topological polar surface area (TPSA) is 64.3 Å². The molecule has 0 atom stereocenters. The Kier molecular flexibility index (Phi) is 3.01. The van der Waals surface area contributed by atoms with E-state index in [1.807, 2.05) is 30.3 Å². The van der Waals surface area contributed by atoms with Crippen LogP contribution in [0.25, 0.3) is 22.5 Å². The number of aromatic nitrogens is 3. The Labute approximate surface area is 121 Å².